The maximum absolute atomic E-state index is 10.5. The third kappa shape index (κ3) is 6.39. The number of fused-ring (bicyclic) bond motifs is 1. The predicted molar refractivity (Wildman–Crippen MR) is 141 cm³/mol. The van der Waals surface area contributed by atoms with Gasteiger partial charge in [0.2, 0.25) is 0 Å². The van der Waals surface area contributed by atoms with Gasteiger partial charge in [-0.15, -0.1) is 0 Å². The van der Waals surface area contributed by atoms with Gasteiger partial charge in [0.05, 0.1) is 36.4 Å². The molecule has 0 radical (unpaired) electrons. The molecule has 2 aromatic heterocycles. The number of aliphatic hydroxyl groups is 1. The summed E-state index contributed by atoms with van der Waals surface area (Å²) in [6, 6.07) is 4.61. The lowest BCUT2D eigenvalue weighted by Gasteiger charge is -2.35. The number of rotatable bonds is 11. The minimum absolute atomic E-state index is 0.0209. The van der Waals surface area contributed by atoms with Crippen LogP contribution in [0.25, 0.3) is 0 Å². The van der Waals surface area contributed by atoms with E-state index >= 15 is 0 Å². The van der Waals surface area contributed by atoms with Crippen molar-refractivity contribution >= 4 is 0 Å². The Balaban J connectivity index is 1.62. The van der Waals surface area contributed by atoms with E-state index in [1.54, 1.807) is 0 Å². The minimum atomic E-state index is 0.0209. The third-order valence-corrected chi connectivity index (χ3v) is 7.49. The van der Waals surface area contributed by atoms with Crippen molar-refractivity contribution in [1.29, 1.82) is 0 Å². The zero-order chi connectivity index (χ0) is 24.6. The summed E-state index contributed by atoms with van der Waals surface area (Å²) in [5, 5.41) is 10.5. The molecule has 1 N–H and O–H groups in total. The lowest BCUT2D eigenvalue weighted by Crippen LogP contribution is -2.45. The molecule has 1 fully saturated rings. The number of nitrogens with zero attached hydrogens (tertiary/aromatic N) is 6. The summed E-state index contributed by atoms with van der Waals surface area (Å²) >= 11 is 0. The van der Waals surface area contributed by atoms with Gasteiger partial charge in [-0.3, -0.25) is 14.8 Å². The van der Waals surface area contributed by atoms with Crippen LogP contribution in [0.15, 0.2) is 30.5 Å². The van der Waals surface area contributed by atoms with E-state index in [0.29, 0.717) is 6.04 Å². The summed E-state index contributed by atoms with van der Waals surface area (Å²) in [5.41, 5.74) is 4.62. The van der Waals surface area contributed by atoms with Crippen molar-refractivity contribution in [2.45, 2.75) is 78.2 Å². The highest BCUT2D eigenvalue weighted by atomic mass is 16.3. The van der Waals surface area contributed by atoms with Crippen molar-refractivity contribution in [2.75, 3.05) is 39.8 Å². The number of aliphatic hydroxyl groups excluding tert-OH is 1. The molecule has 0 saturated carbocycles. The van der Waals surface area contributed by atoms with Crippen LogP contribution in [0.5, 0.6) is 0 Å². The monoisotopic (exact) mass is 480 g/mol. The molecule has 0 bridgehead atoms. The molecule has 1 saturated heterocycles. The zero-order valence-electron chi connectivity index (χ0n) is 22.0. The number of aryl methyl sites for hydroxylation is 1. The quantitative estimate of drug-likeness (QED) is 0.494. The minimum Gasteiger partial charge on any atom is -0.390 e. The summed E-state index contributed by atoms with van der Waals surface area (Å²) in [6.07, 6.45) is 12.7. The van der Waals surface area contributed by atoms with Crippen molar-refractivity contribution in [2.24, 2.45) is 0 Å². The first kappa shape index (κ1) is 26.0. The highest BCUT2D eigenvalue weighted by molar-refractivity contribution is 5.26. The van der Waals surface area contributed by atoms with Crippen LogP contribution in [0.3, 0.4) is 0 Å². The highest BCUT2D eigenvalue weighted by Crippen LogP contribution is 2.34. The summed E-state index contributed by atoms with van der Waals surface area (Å²) < 4.78 is 2.29. The van der Waals surface area contributed by atoms with Gasteiger partial charge in [0, 0.05) is 45.3 Å². The van der Waals surface area contributed by atoms with Gasteiger partial charge in [-0.05, 0) is 57.3 Å². The van der Waals surface area contributed by atoms with Crippen LogP contribution in [0, 0.1) is 0 Å². The zero-order valence-corrected chi connectivity index (χ0v) is 22.0. The number of likely N-dealkylation sites (N-methyl/N-ethyl adjacent to an activating group) is 1. The Labute approximate surface area is 211 Å². The Kier molecular flexibility index (Phi) is 9.49. The fourth-order valence-corrected chi connectivity index (χ4v) is 5.53. The highest BCUT2D eigenvalue weighted by Gasteiger charge is 2.29. The number of allylic oxidation sites excluding steroid dienone is 2. The molecule has 1 aliphatic heterocycles. The molecule has 1 aliphatic carbocycles. The Hall–Kier alpha value is -2.06. The average molecular weight is 481 g/mol. The Bertz CT molecular complexity index is 962. The molecular formula is C28H44N6O. The first-order chi connectivity index (χ1) is 17.1. The van der Waals surface area contributed by atoms with Crippen molar-refractivity contribution < 1.29 is 5.11 Å². The number of hydrogen-bond acceptors (Lipinski definition) is 6. The molecule has 4 rings (SSSR count). The van der Waals surface area contributed by atoms with Crippen LogP contribution >= 0.6 is 0 Å². The van der Waals surface area contributed by atoms with Gasteiger partial charge in [-0.25, -0.2) is 4.98 Å². The second kappa shape index (κ2) is 12.8. The van der Waals surface area contributed by atoms with Gasteiger partial charge in [-0.2, -0.15) is 0 Å². The normalized spacial score (nSPS) is 19.6. The van der Waals surface area contributed by atoms with E-state index in [2.05, 4.69) is 64.4 Å². The van der Waals surface area contributed by atoms with Crippen molar-refractivity contribution in [3.8, 4) is 0 Å². The van der Waals surface area contributed by atoms with Crippen LogP contribution in [0.4, 0.5) is 0 Å². The molecule has 0 spiro atoms. The standard InChI is InChI=1S/C28H44N6O/c1-4-6-7-13-27-30-24(26(21-35)34(27)22-32-18-16-31(3)17-19-32)20-33(15-5-2)25-12-8-10-23-11-9-14-29-28(23)25/h6-7,9,11,14,25,35H,4-5,8,10,12-13,15-22H2,1-3H3/b7-6-/t25-/m0/s1. The van der Waals surface area contributed by atoms with E-state index in [9.17, 15) is 5.11 Å². The SMILES string of the molecule is CC/C=C\Cc1nc(CN(CCC)[C@H]2CCCc3cccnc32)c(CO)n1CN1CCN(C)CC1. The first-order valence-electron chi connectivity index (χ1n) is 13.6. The van der Waals surface area contributed by atoms with E-state index in [1.807, 2.05) is 6.20 Å². The van der Waals surface area contributed by atoms with E-state index in [0.717, 1.165) is 95.3 Å². The molecule has 0 amide bonds. The van der Waals surface area contributed by atoms with Gasteiger partial charge in [0.15, 0.2) is 0 Å². The first-order valence-corrected chi connectivity index (χ1v) is 13.6. The third-order valence-electron chi connectivity index (χ3n) is 7.49. The Morgan fingerprint density at radius 1 is 1.17 bits per heavy atom. The second-order valence-corrected chi connectivity index (χ2v) is 10.1. The molecule has 192 valence electrons. The van der Waals surface area contributed by atoms with Crippen LogP contribution in [-0.4, -0.2) is 74.1 Å². The van der Waals surface area contributed by atoms with Gasteiger partial charge in [0.25, 0.3) is 0 Å². The fraction of sp³-hybridized carbons (Fsp3) is 0.643. The largest absolute Gasteiger partial charge is 0.390 e. The number of imidazole rings is 1. The van der Waals surface area contributed by atoms with Crippen molar-refractivity contribution in [3.05, 3.63) is 59.0 Å². The van der Waals surface area contributed by atoms with Crippen LogP contribution in [0.1, 0.15) is 74.0 Å². The lowest BCUT2D eigenvalue weighted by molar-refractivity contribution is 0.119. The van der Waals surface area contributed by atoms with Gasteiger partial charge < -0.3 is 14.6 Å². The number of hydrogen-bond donors (Lipinski definition) is 1. The van der Waals surface area contributed by atoms with Gasteiger partial charge in [-0.1, -0.05) is 32.1 Å². The van der Waals surface area contributed by atoms with Crippen molar-refractivity contribution in [3.63, 3.8) is 0 Å². The topological polar surface area (TPSA) is 60.7 Å². The molecule has 2 aromatic rings. The Morgan fingerprint density at radius 2 is 2.00 bits per heavy atom. The smallest absolute Gasteiger partial charge is 0.114 e. The molecule has 7 heteroatoms. The Morgan fingerprint density at radius 3 is 2.74 bits per heavy atom. The molecule has 35 heavy (non-hydrogen) atoms. The molecular weight excluding hydrogens is 436 g/mol. The molecule has 2 aliphatic rings. The summed E-state index contributed by atoms with van der Waals surface area (Å²) in [7, 11) is 2.19. The summed E-state index contributed by atoms with van der Waals surface area (Å²) in [5.74, 6) is 1.06. The van der Waals surface area contributed by atoms with E-state index < -0.39 is 0 Å². The van der Waals surface area contributed by atoms with Crippen molar-refractivity contribution in [1.82, 2.24) is 29.2 Å². The maximum Gasteiger partial charge on any atom is 0.114 e. The van der Waals surface area contributed by atoms with E-state index in [4.69, 9.17) is 9.97 Å². The molecule has 1 atom stereocenters. The number of pyridine rings is 1. The van der Waals surface area contributed by atoms with Crippen LogP contribution in [-0.2, 0) is 32.7 Å². The molecule has 0 unspecified atom stereocenters. The molecule has 7 nitrogen and oxygen atoms in total. The predicted octanol–water partition coefficient (Wildman–Crippen LogP) is 3.77. The molecule has 3 heterocycles. The maximum atomic E-state index is 10.5. The van der Waals surface area contributed by atoms with Crippen LogP contribution < -0.4 is 0 Å². The summed E-state index contributed by atoms with van der Waals surface area (Å²) in [4.78, 5) is 17.4. The second-order valence-electron chi connectivity index (χ2n) is 10.1. The fourth-order valence-electron chi connectivity index (χ4n) is 5.53. The van der Waals surface area contributed by atoms with Gasteiger partial charge >= 0.3 is 0 Å². The number of aromatic nitrogens is 3. The van der Waals surface area contributed by atoms with Gasteiger partial charge in [0.1, 0.15) is 5.82 Å². The van der Waals surface area contributed by atoms with E-state index in [-0.39, 0.29) is 6.61 Å². The lowest BCUT2D eigenvalue weighted by atomic mass is 9.90. The van der Waals surface area contributed by atoms with E-state index in [1.165, 1.54) is 17.7 Å². The van der Waals surface area contributed by atoms with Crippen LogP contribution in [0.2, 0.25) is 0 Å². The number of piperazine rings is 1. The molecule has 0 aromatic carbocycles. The average Bonchev–Trinajstić information content (AvgIpc) is 3.20. The summed E-state index contributed by atoms with van der Waals surface area (Å²) in [6.45, 7) is 11.2.